The van der Waals surface area contributed by atoms with Gasteiger partial charge in [-0.1, -0.05) is 91.0 Å². The van der Waals surface area contributed by atoms with E-state index < -0.39 is 5.60 Å². The summed E-state index contributed by atoms with van der Waals surface area (Å²) >= 11 is 0. The summed E-state index contributed by atoms with van der Waals surface area (Å²) in [7, 11) is 0. The fourth-order valence-electron chi connectivity index (χ4n) is 3.68. The molecule has 1 aliphatic rings. The van der Waals surface area contributed by atoms with E-state index in [1.54, 1.807) is 0 Å². The summed E-state index contributed by atoms with van der Waals surface area (Å²) in [5, 5.41) is 0. The van der Waals surface area contributed by atoms with Crippen LogP contribution in [-0.4, -0.2) is 19.2 Å². The van der Waals surface area contributed by atoms with Crippen molar-refractivity contribution in [3.8, 4) is 0 Å². The van der Waals surface area contributed by atoms with Gasteiger partial charge in [0.1, 0.15) is 5.60 Å². The molecule has 0 aromatic heterocycles. The molecule has 0 amide bonds. The number of hydrogen-bond donors (Lipinski definition) is 0. The molecule has 3 nitrogen and oxygen atoms in total. The van der Waals surface area contributed by atoms with Gasteiger partial charge in [0.2, 0.25) is 0 Å². The number of rotatable bonds is 6. The van der Waals surface area contributed by atoms with E-state index in [0.29, 0.717) is 19.6 Å². The number of hydrogen-bond acceptors (Lipinski definition) is 3. The van der Waals surface area contributed by atoms with E-state index >= 15 is 0 Å². The number of esters is 1. The minimum atomic E-state index is -0.741. The highest BCUT2D eigenvalue weighted by Gasteiger charge is 2.39. The molecule has 0 aliphatic carbocycles. The first kappa shape index (κ1) is 17.5. The van der Waals surface area contributed by atoms with Crippen molar-refractivity contribution in [3.63, 3.8) is 0 Å². The number of cyclic esters (lactones) is 1. The van der Waals surface area contributed by atoms with Crippen LogP contribution in [0.4, 0.5) is 0 Å². The van der Waals surface area contributed by atoms with E-state index in [4.69, 9.17) is 9.47 Å². The van der Waals surface area contributed by atoms with Gasteiger partial charge < -0.3 is 9.47 Å². The Balaban J connectivity index is 1.82. The van der Waals surface area contributed by atoms with Crippen LogP contribution in [0.1, 0.15) is 23.1 Å². The van der Waals surface area contributed by atoms with Crippen molar-refractivity contribution in [1.82, 2.24) is 0 Å². The maximum Gasteiger partial charge on any atom is 0.306 e. The molecule has 1 heterocycles. The molecular formula is C24H22O3. The number of ether oxygens (including phenoxy) is 2. The second kappa shape index (κ2) is 7.77. The maximum atomic E-state index is 11.5. The Morgan fingerprint density at radius 2 is 1.22 bits per heavy atom. The van der Waals surface area contributed by atoms with Gasteiger partial charge in [-0.05, 0) is 16.7 Å². The monoisotopic (exact) mass is 358 g/mol. The molecule has 1 unspecified atom stereocenters. The van der Waals surface area contributed by atoms with E-state index in [-0.39, 0.29) is 11.9 Å². The van der Waals surface area contributed by atoms with Gasteiger partial charge >= 0.3 is 5.97 Å². The van der Waals surface area contributed by atoms with Gasteiger partial charge in [-0.3, -0.25) is 4.79 Å². The standard InChI is InChI=1S/C24H22O3/c25-23-16-19(17-26-23)18-27-24(20-10-4-1-5-11-20,21-12-6-2-7-13-21)22-14-8-3-9-15-22/h1-15,19H,16-18H2. The molecule has 0 saturated carbocycles. The van der Waals surface area contributed by atoms with Crippen molar-refractivity contribution in [2.75, 3.05) is 13.2 Å². The van der Waals surface area contributed by atoms with Crippen LogP contribution < -0.4 is 0 Å². The molecule has 1 aliphatic heterocycles. The molecule has 3 heteroatoms. The molecule has 3 aromatic carbocycles. The van der Waals surface area contributed by atoms with E-state index in [2.05, 4.69) is 36.4 Å². The van der Waals surface area contributed by atoms with Crippen LogP contribution in [0.5, 0.6) is 0 Å². The highest BCUT2D eigenvalue weighted by Crippen LogP contribution is 2.41. The predicted molar refractivity (Wildman–Crippen MR) is 104 cm³/mol. The van der Waals surface area contributed by atoms with Crippen LogP contribution in [0, 0.1) is 5.92 Å². The molecule has 136 valence electrons. The van der Waals surface area contributed by atoms with Crippen LogP contribution >= 0.6 is 0 Å². The van der Waals surface area contributed by atoms with Crippen LogP contribution in [0.25, 0.3) is 0 Å². The van der Waals surface area contributed by atoms with E-state index in [9.17, 15) is 4.79 Å². The van der Waals surface area contributed by atoms with Crippen molar-refractivity contribution in [2.24, 2.45) is 5.92 Å². The summed E-state index contributed by atoms with van der Waals surface area (Å²) in [5.41, 5.74) is 2.45. The Kier molecular flexibility index (Phi) is 5.03. The van der Waals surface area contributed by atoms with E-state index in [0.717, 1.165) is 16.7 Å². The maximum absolute atomic E-state index is 11.5. The second-order valence-electron chi connectivity index (χ2n) is 6.84. The fraction of sp³-hybridized carbons (Fsp3) is 0.208. The topological polar surface area (TPSA) is 35.5 Å². The van der Waals surface area contributed by atoms with Gasteiger partial charge in [-0.2, -0.15) is 0 Å². The summed E-state index contributed by atoms with van der Waals surface area (Å²) in [4.78, 5) is 11.5. The lowest BCUT2D eigenvalue weighted by Crippen LogP contribution is -2.34. The largest absolute Gasteiger partial charge is 0.465 e. The lowest BCUT2D eigenvalue weighted by molar-refractivity contribution is -0.137. The first-order valence-electron chi connectivity index (χ1n) is 9.25. The number of benzene rings is 3. The van der Waals surface area contributed by atoms with Gasteiger partial charge in [0, 0.05) is 5.92 Å². The third-order valence-electron chi connectivity index (χ3n) is 5.01. The quantitative estimate of drug-likeness (QED) is 0.479. The second-order valence-corrected chi connectivity index (χ2v) is 6.84. The van der Waals surface area contributed by atoms with E-state index in [1.807, 2.05) is 54.6 Å². The van der Waals surface area contributed by atoms with Gasteiger partial charge in [-0.15, -0.1) is 0 Å². The normalized spacial score (nSPS) is 16.9. The Labute approximate surface area is 159 Å². The van der Waals surface area contributed by atoms with Gasteiger partial charge in [0.15, 0.2) is 0 Å². The lowest BCUT2D eigenvalue weighted by atomic mass is 9.80. The van der Waals surface area contributed by atoms with Gasteiger partial charge in [0.25, 0.3) is 0 Å². The van der Waals surface area contributed by atoms with Crippen molar-refractivity contribution in [2.45, 2.75) is 12.0 Å². The lowest BCUT2D eigenvalue weighted by Gasteiger charge is -2.36. The summed E-state index contributed by atoms with van der Waals surface area (Å²) in [5.74, 6) is -0.0682. The Bertz CT molecular complexity index is 779. The highest BCUT2D eigenvalue weighted by molar-refractivity contribution is 5.71. The Morgan fingerprint density at radius 1 is 0.778 bits per heavy atom. The third kappa shape index (κ3) is 3.51. The van der Waals surface area contributed by atoms with Crippen molar-refractivity contribution in [3.05, 3.63) is 108 Å². The third-order valence-corrected chi connectivity index (χ3v) is 5.01. The van der Waals surface area contributed by atoms with E-state index in [1.165, 1.54) is 0 Å². The molecule has 1 saturated heterocycles. The molecule has 3 aromatic rings. The molecule has 4 rings (SSSR count). The SMILES string of the molecule is O=C1CC(COC(c2ccccc2)(c2ccccc2)c2ccccc2)CO1. The highest BCUT2D eigenvalue weighted by atomic mass is 16.5. The molecule has 0 spiro atoms. The zero-order valence-corrected chi connectivity index (χ0v) is 15.1. The molecule has 27 heavy (non-hydrogen) atoms. The average Bonchev–Trinajstić information content (AvgIpc) is 3.16. The van der Waals surface area contributed by atoms with Gasteiger partial charge in [-0.25, -0.2) is 0 Å². The Hall–Kier alpha value is -2.91. The molecule has 0 radical (unpaired) electrons. The minimum Gasteiger partial charge on any atom is -0.465 e. The fourth-order valence-corrected chi connectivity index (χ4v) is 3.68. The van der Waals surface area contributed by atoms with Crippen LogP contribution in [0.3, 0.4) is 0 Å². The predicted octanol–water partition coefficient (Wildman–Crippen LogP) is 4.56. The van der Waals surface area contributed by atoms with Crippen molar-refractivity contribution >= 4 is 5.97 Å². The summed E-state index contributed by atoms with van der Waals surface area (Å²) in [6.45, 7) is 0.873. The van der Waals surface area contributed by atoms with Crippen LogP contribution in [-0.2, 0) is 19.9 Å². The smallest absolute Gasteiger partial charge is 0.306 e. The average molecular weight is 358 g/mol. The molecule has 0 bridgehead atoms. The molecule has 1 fully saturated rings. The van der Waals surface area contributed by atoms with Crippen molar-refractivity contribution in [1.29, 1.82) is 0 Å². The Morgan fingerprint density at radius 3 is 1.59 bits per heavy atom. The zero-order chi connectivity index (χ0) is 18.5. The van der Waals surface area contributed by atoms with Crippen LogP contribution in [0.2, 0.25) is 0 Å². The molecule has 0 N–H and O–H groups in total. The number of carbonyl (C=O) groups excluding carboxylic acids is 1. The van der Waals surface area contributed by atoms with Crippen molar-refractivity contribution < 1.29 is 14.3 Å². The number of carbonyl (C=O) groups is 1. The summed E-state index contributed by atoms with van der Waals surface area (Å²) < 4.78 is 11.8. The minimum absolute atomic E-state index is 0.0769. The zero-order valence-electron chi connectivity index (χ0n) is 15.1. The summed E-state index contributed by atoms with van der Waals surface area (Å²) in [6, 6.07) is 30.8. The first-order chi connectivity index (χ1) is 13.3. The molecular weight excluding hydrogens is 336 g/mol. The van der Waals surface area contributed by atoms with Gasteiger partial charge in [0.05, 0.1) is 19.6 Å². The summed E-state index contributed by atoms with van der Waals surface area (Å²) in [6.07, 6.45) is 0.411. The van der Waals surface area contributed by atoms with Crippen LogP contribution in [0.15, 0.2) is 91.0 Å². The first-order valence-corrected chi connectivity index (χ1v) is 9.25. The molecule has 1 atom stereocenters.